The maximum absolute atomic E-state index is 12.8. The van der Waals surface area contributed by atoms with Crippen LogP contribution in [-0.4, -0.2) is 10.8 Å². The van der Waals surface area contributed by atoms with E-state index in [0.29, 0.717) is 18.7 Å². The Morgan fingerprint density at radius 1 is 1.14 bits per heavy atom. The molecule has 5 heteroatoms. The summed E-state index contributed by atoms with van der Waals surface area (Å²) >= 11 is 5.05. The molecular formula is C17H14BrNO2S. The van der Waals surface area contributed by atoms with Gasteiger partial charge in [0.15, 0.2) is 0 Å². The predicted molar refractivity (Wildman–Crippen MR) is 90.7 cm³/mol. The van der Waals surface area contributed by atoms with Crippen molar-refractivity contribution in [1.29, 1.82) is 0 Å². The molecule has 0 fully saturated rings. The van der Waals surface area contributed by atoms with Crippen molar-refractivity contribution in [2.75, 3.05) is 0 Å². The molecular weight excluding hydrogens is 362 g/mol. The number of rotatable bonds is 5. The number of carbonyl (C=O) groups is 1. The molecule has 3 rings (SSSR count). The van der Waals surface area contributed by atoms with E-state index < -0.39 is 0 Å². The Bertz CT molecular complexity index is 684. The lowest BCUT2D eigenvalue weighted by molar-refractivity contribution is 0.0731. The number of thiophene rings is 1. The first-order valence-electron chi connectivity index (χ1n) is 6.80. The van der Waals surface area contributed by atoms with Crippen molar-refractivity contribution in [2.24, 2.45) is 0 Å². The Kier molecular flexibility index (Phi) is 4.75. The molecule has 0 spiro atoms. The molecule has 3 nitrogen and oxygen atoms in total. The first kappa shape index (κ1) is 15.1. The molecule has 0 N–H and O–H groups in total. The van der Waals surface area contributed by atoms with Gasteiger partial charge in [0.05, 0.1) is 19.1 Å². The quantitative estimate of drug-likeness (QED) is 0.632. The smallest absolute Gasteiger partial charge is 0.254 e. The molecule has 0 atom stereocenters. The molecule has 112 valence electrons. The van der Waals surface area contributed by atoms with Gasteiger partial charge in [-0.2, -0.15) is 0 Å². The molecule has 0 aliphatic heterocycles. The highest BCUT2D eigenvalue weighted by atomic mass is 79.9. The van der Waals surface area contributed by atoms with Crippen molar-refractivity contribution < 1.29 is 9.21 Å². The van der Waals surface area contributed by atoms with Gasteiger partial charge in [-0.1, -0.05) is 22.0 Å². The highest BCUT2D eigenvalue weighted by Crippen LogP contribution is 2.18. The standard InChI is InChI=1S/C17H14BrNO2S/c18-15-5-3-14(4-6-15)17(20)19(10-13-7-8-21-12-13)11-16-2-1-9-22-16/h1-9,12H,10-11H2. The van der Waals surface area contributed by atoms with Gasteiger partial charge in [-0.05, 0) is 41.8 Å². The number of furan rings is 1. The topological polar surface area (TPSA) is 33.5 Å². The Balaban J connectivity index is 1.83. The summed E-state index contributed by atoms with van der Waals surface area (Å²) < 4.78 is 6.07. The van der Waals surface area contributed by atoms with Crippen LogP contribution in [0.25, 0.3) is 0 Å². The SMILES string of the molecule is O=C(c1ccc(Br)cc1)N(Cc1ccoc1)Cc1cccs1. The fourth-order valence-electron chi connectivity index (χ4n) is 2.17. The third-order valence-corrected chi connectivity index (χ3v) is 4.65. The normalized spacial score (nSPS) is 10.6. The summed E-state index contributed by atoms with van der Waals surface area (Å²) in [4.78, 5) is 15.8. The fraction of sp³-hybridized carbons (Fsp3) is 0.118. The van der Waals surface area contributed by atoms with Crippen molar-refractivity contribution in [1.82, 2.24) is 4.90 Å². The lowest BCUT2D eigenvalue weighted by Crippen LogP contribution is -2.29. The highest BCUT2D eigenvalue weighted by Gasteiger charge is 2.17. The van der Waals surface area contributed by atoms with Gasteiger partial charge in [0, 0.05) is 27.0 Å². The lowest BCUT2D eigenvalue weighted by atomic mass is 10.2. The van der Waals surface area contributed by atoms with Crippen LogP contribution in [0.3, 0.4) is 0 Å². The summed E-state index contributed by atoms with van der Waals surface area (Å²) in [5.74, 6) is 0.0158. The van der Waals surface area contributed by atoms with Crippen LogP contribution < -0.4 is 0 Å². The molecule has 0 radical (unpaired) electrons. The minimum atomic E-state index is 0.0158. The lowest BCUT2D eigenvalue weighted by Gasteiger charge is -2.21. The monoisotopic (exact) mass is 375 g/mol. The van der Waals surface area contributed by atoms with Crippen molar-refractivity contribution in [3.05, 3.63) is 80.8 Å². The van der Waals surface area contributed by atoms with E-state index in [1.165, 1.54) is 0 Å². The number of nitrogens with zero attached hydrogens (tertiary/aromatic N) is 1. The Morgan fingerprint density at radius 2 is 1.95 bits per heavy atom. The van der Waals surface area contributed by atoms with E-state index in [1.807, 2.05) is 52.7 Å². The molecule has 0 aliphatic rings. The van der Waals surface area contributed by atoms with Crippen molar-refractivity contribution >= 4 is 33.2 Å². The summed E-state index contributed by atoms with van der Waals surface area (Å²) in [6.45, 7) is 1.13. The second kappa shape index (κ2) is 6.94. The molecule has 2 aromatic heterocycles. The van der Waals surface area contributed by atoms with Crippen LogP contribution >= 0.6 is 27.3 Å². The predicted octanol–water partition coefficient (Wildman–Crippen LogP) is 4.95. The van der Waals surface area contributed by atoms with Crippen LogP contribution in [-0.2, 0) is 13.1 Å². The molecule has 2 heterocycles. The van der Waals surface area contributed by atoms with Crippen LogP contribution in [0.15, 0.2) is 69.3 Å². The van der Waals surface area contributed by atoms with Crippen molar-refractivity contribution in [3.63, 3.8) is 0 Å². The minimum Gasteiger partial charge on any atom is -0.472 e. The van der Waals surface area contributed by atoms with Crippen LogP contribution in [0.1, 0.15) is 20.8 Å². The first-order chi connectivity index (χ1) is 10.7. The van der Waals surface area contributed by atoms with Crippen LogP contribution in [0.5, 0.6) is 0 Å². The summed E-state index contributed by atoms with van der Waals surface area (Å²) in [7, 11) is 0. The van der Waals surface area contributed by atoms with Crippen LogP contribution in [0.4, 0.5) is 0 Å². The molecule has 0 saturated heterocycles. The third-order valence-electron chi connectivity index (χ3n) is 3.26. The average molecular weight is 376 g/mol. The number of benzene rings is 1. The van der Waals surface area contributed by atoms with Gasteiger partial charge in [0.2, 0.25) is 0 Å². The maximum Gasteiger partial charge on any atom is 0.254 e. The molecule has 0 bridgehead atoms. The number of hydrogen-bond acceptors (Lipinski definition) is 3. The number of carbonyl (C=O) groups excluding carboxylic acids is 1. The van der Waals surface area contributed by atoms with Crippen molar-refractivity contribution in [2.45, 2.75) is 13.1 Å². The van der Waals surface area contributed by atoms with E-state index in [-0.39, 0.29) is 5.91 Å². The van der Waals surface area contributed by atoms with E-state index in [0.717, 1.165) is 14.9 Å². The Hall–Kier alpha value is -1.85. The zero-order valence-electron chi connectivity index (χ0n) is 11.7. The largest absolute Gasteiger partial charge is 0.472 e. The number of halogens is 1. The van der Waals surface area contributed by atoms with Gasteiger partial charge in [-0.3, -0.25) is 4.79 Å². The maximum atomic E-state index is 12.8. The Morgan fingerprint density at radius 3 is 2.59 bits per heavy atom. The second-order valence-electron chi connectivity index (χ2n) is 4.88. The summed E-state index contributed by atoms with van der Waals surface area (Å²) in [6, 6.07) is 13.4. The van der Waals surface area contributed by atoms with Gasteiger partial charge < -0.3 is 9.32 Å². The van der Waals surface area contributed by atoms with E-state index >= 15 is 0 Å². The zero-order chi connectivity index (χ0) is 15.4. The van der Waals surface area contributed by atoms with Gasteiger partial charge >= 0.3 is 0 Å². The van der Waals surface area contributed by atoms with Gasteiger partial charge in [0.25, 0.3) is 5.91 Å². The number of hydrogen-bond donors (Lipinski definition) is 0. The van der Waals surface area contributed by atoms with Crippen LogP contribution in [0, 0.1) is 0 Å². The van der Waals surface area contributed by atoms with Gasteiger partial charge in [0.1, 0.15) is 0 Å². The minimum absolute atomic E-state index is 0.0158. The molecule has 1 aromatic carbocycles. The summed E-state index contributed by atoms with van der Waals surface area (Å²) in [5, 5.41) is 2.02. The fourth-order valence-corrected chi connectivity index (χ4v) is 3.15. The third kappa shape index (κ3) is 3.67. The van der Waals surface area contributed by atoms with E-state index in [1.54, 1.807) is 23.9 Å². The van der Waals surface area contributed by atoms with Crippen LogP contribution in [0.2, 0.25) is 0 Å². The average Bonchev–Trinajstić information content (AvgIpc) is 3.20. The second-order valence-corrected chi connectivity index (χ2v) is 6.83. The van der Waals surface area contributed by atoms with E-state index in [2.05, 4.69) is 15.9 Å². The molecule has 0 saturated carbocycles. The summed E-state index contributed by atoms with van der Waals surface area (Å²) in [6.07, 6.45) is 3.30. The number of amides is 1. The highest BCUT2D eigenvalue weighted by molar-refractivity contribution is 9.10. The molecule has 3 aromatic rings. The molecule has 0 aliphatic carbocycles. The van der Waals surface area contributed by atoms with E-state index in [9.17, 15) is 4.79 Å². The summed E-state index contributed by atoms with van der Waals surface area (Å²) in [5.41, 5.74) is 1.67. The van der Waals surface area contributed by atoms with Gasteiger partial charge in [-0.15, -0.1) is 11.3 Å². The molecule has 1 amide bonds. The van der Waals surface area contributed by atoms with E-state index in [4.69, 9.17) is 4.42 Å². The van der Waals surface area contributed by atoms with Crippen molar-refractivity contribution in [3.8, 4) is 0 Å². The molecule has 22 heavy (non-hydrogen) atoms. The zero-order valence-corrected chi connectivity index (χ0v) is 14.1. The Labute approximate surface area is 141 Å². The molecule has 0 unspecified atom stereocenters. The first-order valence-corrected chi connectivity index (χ1v) is 8.48. The van der Waals surface area contributed by atoms with Gasteiger partial charge in [-0.25, -0.2) is 0 Å².